The van der Waals surface area contributed by atoms with Crippen LogP contribution in [-0.4, -0.2) is 67.1 Å². The molecule has 0 unspecified atom stereocenters. The highest BCUT2D eigenvalue weighted by Crippen LogP contribution is 2.32. The highest BCUT2D eigenvalue weighted by Gasteiger charge is 2.21. The van der Waals surface area contributed by atoms with Crippen molar-refractivity contribution in [2.45, 2.75) is 32.1 Å². The van der Waals surface area contributed by atoms with E-state index in [1.165, 1.54) is 11.1 Å². The van der Waals surface area contributed by atoms with Gasteiger partial charge in [-0.25, -0.2) is 0 Å². The minimum atomic E-state index is -0.469. The Labute approximate surface area is 179 Å². The molecule has 2 atom stereocenters. The molecular weight excluding hydrogens is 380 g/mol. The van der Waals surface area contributed by atoms with E-state index in [1.807, 2.05) is 24.3 Å². The number of aliphatic hydroxyl groups is 1. The van der Waals surface area contributed by atoms with Crippen LogP contribution in [0.4, 0.5) is 0 Å². The molecule has 1 saturated heterocycles. The van der Waals surface area contributed by atoms with Gasteiger partial charge in [0, 0.05) is 39.3 Å². The molecule has 6 nitrogen and oxygen atoms in total. The van der Waals surface area contributed by atoms with Gasteiger partial charge < -0.3 is 19.3 Å². The van der Waals surface area contributed by atoms with E-state index in [2.05, 4.69) is 41.0 Å². The van der Waals surface area contributed by atoms with Crippen LogP contribution >= 0.6 is 0 Å². The Balaban J connectivity index is 1.18. The lowest BCUT2D eigenvalue weighted by molar-refractivity contribution is -0.0284. The van der Waals surface area contributed by atoms with Crippen LogP contribution in [0, 0.1) is 0 Å². The van der Waals surface area contributed by atoms with E-state index in [9.17, 15) is 5.11 Å². The third kappa shape index (κ3) is 5.52. The van der Waals surface area contributed by atoms with E-state index < -0.39 is 6.10 Å². The topological polar surface area (TPSA) is 54.4 Å². The van der Waals surface area contributed by atoms with Crippen molar-refractivity contribution in [3.63, 3.8) is 0 Å². The Morgan fingerprint density at radius 3 is 2.47 bits per heavy atom. The van der Waals surface area contributed by atoms with Gasteiger partial charge in [0.2, 0.25) is 6.79 Å². The zero-order valence-corrected chi connectivity index (χ0v) is 17.7. The van der Waals surface area contributed by atoms with Gasteiger partial charge in [0.1, 0.15) is 0 Å². The van der Waals surface area contributed by atoms with Crippen LogP contribution in [0.5, 0.6) is 11.5 Å². The smallest absolute Gasteiger partial charge is 0.231 e. The first-order chi connectivity index (χ1) is 14.7. The predicted octanol–water partition coefficient (Wildman–Crippen LogP) is 3.06. The average Bonchev–Trinajstić information content (AvgIpc) is 3.24. The fourth-order valence-corrected chi connectivity index (χ4v) is 4.12. The van der Waals surface area contributed by atoms with Crippen LogP contribution in [0.15, 0.2) is 48.5 Å². The van der Waals surface area contributed by atoms with Gasteiger partial charge in [-0.05, 0) is 29.7 Å². The standard InChI is InChI=1S/C24H32N2O4/c1-2-22(20-6-4-3-5-7-20)28-17-21(27)16-26-12-10-25(11-13-26)15-19-8-9-23-24(14-19)30-18-29-23/h3-9,14,21-22,27H,2,10-13,15-18H2,1H3/t21-,22-/m1/s1. The van der Waals surface area contributed by atoms with Gasteiger partial charge in [0.25, 0.3) is 0 Å². The van der Waals surface area contributed by atoms with Crippen molar-refractivity contribution in [3.05, 3.63) is 59.7 Å². The lowest BCUT2D eigenvalue weighted by atomic mass is 10.1. The van der Waals surface area contributed by atoms with Gasteiger partial charge in [-0.3, -0.25) is 9.80 Å². The van der Waals surface area contributed by atoms with E-state index >= 15 is 0 Å². The number of fused-ring (bicyclic) bond motifs is 1. The van der Waals surface area contributed by atoms with E-state index in [1.54, 1.807) is 0 Å². The molecule has 0 radical (unpaired) electrons. The average molecular weight is 413 g/mol. The largest absolute Gasteiger partial charge is 0.454 e. The van der Waals surface area contributed by atoms with Gasteiger partial charge in [-0.15, -0.1) is 0 Å². The van der Waals surface area contributed by atoms with Crippen molar-refractivity contribution in [2.24, 2.45) is 0 Å². The van der Waals surface area contributed by atoms with Crippen molar-refractivity contribution in [1.82, 2.24) is 9.80 Å². The second kappa shape index (κ2) is 10.3. The van der Waals surface area contributed by atoms with Crippen LogP contribution in [0.25, 0.3) is 0 Å². The maximum Gasteiger partial charge on any atom is 0.231 e. The van der Waals surface area contributed by atoms with Crippen molar-refractivity contribution in [1.29, 1.82) is 0 Å². The Hall–Kier alpha value is -2.12. The van der Waals surface area contributed by atoms with Crippen molar-refractivity contribution < 1.29 is 19.3 Å². The number of hydrogen-bond donors (Lipinski definition) is 1. The van der Waals surface area contributed by atoms with Crippen LogP contribution in [0.3, 0.4) is 0 Å². The molecule has 2 aliphatic rings. The summed E-state index contributed by atoms with van der Waals surface area (Å²) in [6.07, 6.45) is 0.470. The van der Waals surface area contributed by atoms with Crippen molar-refractivity contribution in [2.75, 3.05) is 46.1 Å². The number of aliphatic hydroxyl groups excluding tert-OH is 1. The van der Waals surface area contributed by atoms with Crippen LogP contribution < -0.4 is 9.47 Å². The first-order valence-electron chi connectivity index (χ1n) is 10.9. The van der Waals surface area contributed by atoms with Gasteiger partial charge in [-0.2, -0.15) is 0 Å². The number of benzene rings is 2. The lowest BCUT2D eigenvalue weighted by Crippen LogP contribution is -2.48. The molecule has 0 aliphatic carbocycles. The molecule has 0 spiro atoms. The van der Waals surface area contributed by atoms with E-state index in [-0.39, 0.29) is 6.10 Å². The first-order valence-corrected chi connectivity index (χ1v) is 10.9. The number of rotatable bonds is 9. The van der Waals surface area contributed by atoms with E-state index in [0.717, 1.165) is 50.6 Å². The highest BCUT2D eigenvalue weighted by molar-refractivity contribution is 5.44. The minimum Gasteiger partial charge on any atom is -0.454 e. The molecule has 1 fully saturated rings. The molecule has 0 amide bonds. The molecule has 4 rings (SSSR count). The van der Waals surface area contributed by atoms with Crippen LogP contribution in [-0.2, 0) is 11.3 Å². The molecule has 162 valence electrons. The molecule has 2 aliphatic heterocycles. The molecule has 2 heterocycles. The summed E-state index contributed by atoms with van der Waals surface area (Å²) in [4.78, 5) is 4.77. The number of β-amino-alcohol motifs (C(OH)–C–C–N with tert-alkyl or cyclic N) is 1. The maximum absolute atomic E-state index is 10.5. The summed E-state index contributed by atoms with van der Waals surface area (Å²) in [6, 6.07) is 16.4. The second-order valence-corrected chi connectivity index (χ2v) is 8.06. The zero-order valence-electron chi connectivity index (χ0n) is 17.7. The number of hydrogen-bond acceptors (Lipinski definition) is 6. The highest BCUT2D eigenvalue weighted by atomic mass is 16.7. The van der Waals surface area contributed by atoms with Gasteiger partial charge in [0.15, 0.2) is 11.5 Å². The fourth-order valence-electron chi connectivity index (χ4n) is 4.12. The van der Waals surface area contributed by atoms with Crippen molar-refractivity contribution in [3.8, 4) is 11.5 Å². The third-order valence-corrected chi connectivity index (χ3v) is 5.81. The lowest BCUT2D eigenvalue weighted by Gasteiger charge is -2.35. The summed E-state index contributed by atoms with van der Waals surface area (Å²) in [5, 5.41) is 10.5. The molecule has 30 heavy (non-hydrogen) atoms. The SMILES string of the molecule is CC[C@@H](OC[C@H](O)CN1CCN(Cc2ccc3c(c2)OCO3)CC1)c1ccccc1. The molecule has 0 saturated carbocycles. The fraction of sp³-hybridized carbons (Fsp3) is 0.500. The Morgan fingerprint density at radius 2 is 1.70 bits per heavy atom. The minimum absolute atomic E-state index is 0.0411. The first kappa shape index (κ1) is 21.1. The zero-order chi connectivity index (χ0) is 20.8. The molecule has 2 aromatic rings. The maximum atomic E-state index is 10.5. The van der Waals surface area contributed by atoms with E-state index in [4.69, 9.17) is 14.2 Å². The number of ether oxygens (including phenoxy) is 3. The van der Waals surface area contributed by atoms with Crippen molar-refractivity contribution >= 4 is 0 Å². The van der Waals surface area contributed by atoms with E-state index in [0.29, 0.717) is 19.9 Å². The Kier molecular flexibility index (Phi) is 7.23. The van der Waals surface area contributed by atoms with Gasteiger partial charge >= 0.3 is 0 Å². The second-order valence-electron chi connectivity index (χ2n) is 8.06. The normalized spacial score (nSPS) is 19.0. The quantitative estimate of drug-likeness (QED) is 0.683. The summed E-state index contributed by atoms with van der Waals surface area (Å²) < 4.78 is 16.9. The monoisotopic (exact) mass is 412 g/mol. The molecule has 6 heteroatoms. The van der Waals surface area contributed by atoms with Gasteiger partial charge in [0.05, 0.1) is 18.8 Å². The Morgan fingerprint density at radius 1 is 0.967 bits per heavy atom. The summed E-state index contributed by atoms with van der Waals surface area (Å²) in [5.41, 5.74) is 2.41. The predicted molar refractivity (Wildman–Crippen MR) is 116 cm³/mol. The molecular formula is C24H32N2O4. The molecule has 0 bridgehead atoms. The summed E-state index contributed by atoms with van der Waals surface area (Å²) >= 11 is 0. The summed E-state index contributed by atoms with van der Waals surface area (Å²) in [6.45, 7) is 8.25. The molecule has 2 aromatic carbocycles. The van der Waals surface area contributed by atoms with Crippen LogP contribution in [0.1, 0.15) is 30.6 Å². The van der Waals surface area contributed by atoms with Gasteiger partial charge in [-0.1, -0.05) is 43.3 Å². The molecule has 0 aromatic heterocycles. The summed E-state index contributed by atoms with van der Waals surface area (Å²) in [7, 11) is 0. The molecule has 1 N–H and O–H groups in total. The Bertz CT molecular complexity index is 793. The number of nitrogens with zero attached hydrogens (tertiary/aromatic N) is 2. The number of piperazine rings is 1. The summed E-state index contributed by atoms with van der Waals surface area (Å²) in [5.74, 6) is 1.67. The third-order valence-electron chi connectivity index (χ3n) is 5.81. The van der Waals surface area contributed by atoms with Crippen LogP contribution in [0.2, 0.25) is 0 Å².